The van der Waals surface area contributed by atoms with Crippen LogP contribution in [0, 0.1) is 23.7 Å². The van der Waals surface area contributed by atoms with E-state index in [0.717, 1.165) is 23.6 Å². The summed E-state index contributed by atoms with van der Waals surface area (Å²) in [6, 6.07) is 11.2. The molecule has 2 amide bonds. The van der Waals surface area contributed by atoms with Crippen LogP contribution in [0.15, 0.2) is 48.6 Å². The number of benzene rings is 2. The molecule has 1 saturated heterocycles. The fourth-order valence-electron chi connectivity index (χ4n) is 4.75. The van der Waals surface area contributed by atoms with Crippen LogP contribution in [0.2, 0.25) is 5.02 Å². The number of hydrogen-bond acceptors (Lipinski definition) is 2. The SMILES string of the molecule is O=C1C2C3C=CC(CC3)C2C(=O)N1c1ccc(Cl)c2ccccc12. The zero-order valence-corrected chi connectivity index (χ0v) is 13.7. The molecule has 3 nitrogen and oxygen atoms in total. The lowest BCUT2D eigenvalue weighted by Gasteiger charge is -2.38. The van der Waals surface area contributed by atoms with E-state index in [0.29, 0.717) is 10.7 Å². The lowest BCUT2D eigenvalue weighted by molar-refractivity contribution is -0.124. The van der Waals surface area contributed by atoms with Crippen LogP contribution >= 0.6 is 11.6 Å². The second-order valence-electron chi connectivity index (χ2n) is 6.97. The summed E-state index contributed by atoms with van der Waals surface area (Å²) in [5.74, 6) is -0.0422. The van der Waals surface area contributed by atoms with Crippen molar-refractivity contribution in [2.75, 3.05) is 4.90 Å². The van der Waals surface area contributed by atoms with Gasteiger partial charge in [0.15, 0.2) is 0 Å². The normalized spacial score (nSPS) is 31.1. The molecule has 2 fully saturated rings. The molecule has 4 atom stereocenters. The highest BCUT2D eigenvalue weighted by Gasteiger charge is 2.57. The number of fused-ring (bicyclic) bond motifs is 2. The summed E-state index contributed by atoms with van der Waals surface area (Å²) in [6.45, 7) is 0. The van der Waals surface area contributed by atoms with Crippen molar-refractivity contribution in [1.82, 2.24) is 0 Å². The molecule has 24 heavy (non-hydrogen) atoms. The highest BCUT2D eigenvalue weighted by Crippen LogP contribution is 2.51. The number of halogens is 1. The number of nitrogens with zero attached hydrogens (tertiary/aromatic N) is 1. The second-order valence-corrected chi connectivity index (χ2v) is 7.37. The Morgan fingerprint density at radius 3 is 2.00 bits per heavy atom. The molecule has 3 aliphatic carbocycles. The third-order valence-electron chi connectivity index (χ3n) is 5.85. The fraction of sp³-hybridized carbons (Fsp3) is 0.300. The van der Waals surface area contributed by atoms with Crippen LogP contribution in [0.5, 0.6) is 0 Å². The zero-order chi connectivity index (χ0) is 16.4. The summed E-state index contributed by atoms with van der Waals surface area (Å²) < 4.78 is 0. The molecule has 4 aliphatic rings. The molecule has 120 valence electrons. The van der Waals surface area contributed by atoms with E-state index in [-0.39, 0.29) is 35.5 Å². The van der Waals surface area contributed by atoms with Gasteiger partial charge in [-0.05, 0) is 36.8 Å². The Balaban J connectivity index is 1.68. The van der Waals surface area contributed by atoms with Gasteiger partial charge in [-0.25, -0.2) is 4.90 Å². The first-order chi connectivity index (χ1) is 11.7. The van der Waals surface area contributed by atoms with Crippen LogP contribution in [-0.2, 0) is 9.59 Å². The van der Waals surface area contributed by atoms with Gasteiger partial charge >= 0.3 is 0 Å². The van der Waals surface area contributed by atoms with E-state index < -0.39 is 0 Å². The third kappa shape index (κ3) is 1.73. The van der Waals surface area contributed by atoms with E-state index >= 15 is 0 Å². The van der Waals surface area contributed by atoms with Gasteiger partial charge < -0.3 is 0 Å². The van der Waals surface area contributed by atoms with E-state index in [4.69, 9.17) is 11.6 Å². The molecule has 0 spiro atoms. The summed E-state index contributed by atoms with van der Waals surface area (Å²) in [4.78, 5) is 27.6. The van der Waals surface area contributed by atoms with Gasteiger partial charge in [0.05, 0.1) is 17.5 Å². The van der Waals surface area contributed by atoms with Crippen LogP contribution in [0.1, 0.15) is 12.8 Å². The summed E-state index contributed by atoms with van der Waals surface area (Å²) in [6.07, 6.45) is 6.31. The second kappa shape index (κ2) is 4.93. The predicted molar refractivity (Wildman–Crippen MR) is 93.8 cm³/mol. The molecule has 2 aromatic carbocycles. The number of carbonyl (C=O) groups excluding carboxylic acids is 2. The number of amides is 2. The number of rotatable bonds is 1. The van der Waals surface area contributed by atoms with E-state index in [9.17, 15) is 9.59 Å². The first-order valence-electron chi connectivity index (χ1n) is 8.40. The van der Waals surface area contributed by atoms with Crippen LogP contribution in [0.3, 0.4) is 0 Å². The Kier molecular flexibility index (Phi) is 2.93. The molecule has 4 heteroatoms. The van der Waals surface area contributed by atoms with Gasteiger partial charge in [-0.15, -0.1) is 0 Å². The largest absolute Gasteiger partial charge is 0.274 e. The van der Waals surface area contributed by atoms with Crippen molar-refractivity contribution < 1.29 is 9.59 Å². The molecule has 2 bridgehead atoms. The quantitative estimate of drug-likeness (QED) is 0.578. The van der Waals surface area contributed by atoms with Gasteiger partial charge in [0.25, 0.3) is 0 Å². The smallest absolute Gasteiger partial charge is 0.238 e. The Labute approximate surface area is 144 Å². The minimum absolute atomic E-state index is 0.0449. The standard InChI is InChI=1S/C20H16ClNO2/c21-15-9-10-16(14-4-2-1-3-13(14)15)22-19(23)17-11-5-6-12(8-7-11)18(17)20(22)24/h1-6,9-12,17-18H,7-8H2. The van der Waals surface area contributed by atoms with Gasteiger partial charge in [0, 0.05) is 15.8 Å². The molecule has 1 heterocycles. The average molecular weight is 338 g/mol. The maximum Gasteiger partial charge on any atom is 0.238 e. The van der Waals surface area contributed by atoms with Crippen molar-refractivity contribution in [1.29, 1.82) is 0 Å². The number of anilines is 1. The summed E-state index contributed by atoms with van der Waals surface area (Å²) in [5, 5.41) is 2.35. The monoisotopic (exact) mass is 337 g/mol. The van der Waals surface area contributed by atoms with Crippen molar-refractivity contribution in [3.63, 3.8) is 0 Å². The van der Waals surface area contributed by atoms with Crippen LogP contribution in [-0.4, -0.2) is 11.8 Å². The molecule has 4 unspecified atom stereocenters. The molecule has 2 aromatic rings. The van der Waals surface area contributed by atoms with E-state index in [1.807, 2.05) is 24.3 Å². The maximum atomic E-state index is 13.1. The molecule has 1 aliphatic heterocycles. The number of allylic oxidation sites excluding steroid dienone is 2. The summed E-state index contributed by atoms with van der Waals surface area (Å²) >= 11 is 6.29. The molecule has 0 radical (unpaired) electrons. The van der Waals surface area contributed by atoms with Crippen molar-refractivity contribution in [3.05, 3.63) is 53.6 Å². The van der Waals surface area contributed by atoms with Crippen molar-refractivity contribution in [2.24, 2.45) is 23.7 Å². The average Bonchev–Trinajstić information content (AvgIpc) is 2.90. The number of carbonyl (C=O) groups is 2. The highest BCUT2D eigenvalue weighted by molar-refractivity contribution is 6.36. The number of imide groups is 1. The van der Waals surface area contributed by atoms with Crippen molar-refractivity contribution in [3.8, 4) is 0 Å². The minimum Gasteiger partial charge on any atom is -0.274 e. The van der Waals surface area contributed by atoms with Gasteiger partial charge in [0.1, 0.15) is 0 Å². The Morgan fingerprint density at radius 1 is 0.833 bits per heavy atom. The van der Waals surface area contributed by atoms with Gasteiger partial charge in [-0.3, -0.25) is 9.59 Å². The molecule has 0 aromatic heterocycles. The summed E-state index contributed by atoms with van der Waals surface area (Å²) in [7, 11) is 0. The van der Waals surface area contributed by atoms with Crippen LogP contribution in [0.4, 0.5) is 5.69 Å². The minimum atomic E-state index is -0.185. The topological polar surface area (TPSA) is 37.4 Å². The van der Waals surface area contributed by atoms with E-state index in [1.54, 1.807) is 12.1 Å². The Hall–Kier alpha value is -2.13. The first kappa shape index (κ1) is 14.2. The molecule has 0 N–H and O–H groups in total. The van der Waals surface area contributed by atoms with Gasteiger partial charge in [0.2, 0.25) is 11.8 Å². The van der Waals surface area contributed by atoms with Crippen molar-refractivity contribution in [2.45, 2.75) is 12.8 Å². The van der Waals surface area contributed by atoms with E-state index in [1.165, 1.54) is 4.90 Å². The third-order valence-corrected chi connectivity index (χ3v) is 6.18. The van der Waals surface area contributed by atoms with Gasteiger partial charge in [-0.2, -0.15) is 0 Å². The fourth-order valence-corrected chi connectivity index (χ4v) is 4.98. The predicted octanol–water partition coefficient (Wildman–Crippen LogP) is 4.19. The Morgan fingerprint density at radius 2 is 1.42 bits per heavy atom. The van der Waals surface area contributed by atoms with Crippen molar-refractivity contribution >= 4 is 39.9 Å². The molecule has 6 rings (SSSR count). The van der Waals surface area contributed by atoms with Crippen LogP contribution in [0.25, 0.3) is 10.8 Å². The molecule has 1 saturated carbocycles. The van der Waals surface area contributed by atoms with Gasteiger partial charge in [-0.1, -0.05) is 48.0 Å². The molecular weight excluding hydrogens is 322 g/mol. The lowest BCUT2D eigenvalue weighted by Crippen LogP contribution is -2.38. The maximum absolute atomic E-state index is 13.1. The molecular formula is C20H16ClNO2. The highest BCUT2D eigenvalue weighted by atomic mass is 35.5. The zero-order valence-electron chi connectivity index (χ0n) is 13.0. The number of hydrogen-bond donors (Lipinski definition) is 0. The Bertz CT molecular complexity index is 887. The first-order valence-corrected chi connectivity index (χ1v) is 8.78. The van der Waals surface area contributed by atoms with Crippen LogP contribution < -0.4 is 4.90 Å². The van der Waals surface area contributed by atoms with E-state index in [2.05, 4.69) is 12.2 Å². The summed E-state index contributed by atoms with van der Waals surface area (Å²) in [5.41, 5.74) is 0.666. The lowest BCUT2D eigenvalue weighted by atomic mass is 9.63.